The second kappa shape index (κ2) is 19.2. The van der Waals surface area contributed by atoms with E-state index in [1.165, 1.54) is 74.0 Å². The van der Waals surface area contributed by atoms with Gasteiger partial charge in [0.25, 0.3) is 0 Å². The van der Waals surface area contributed by atoms with Gasteiger partial charge in [0.1, 0.15) is 22.7 Å². The van der Waals surface area contributed by atoms with E-state index in [1.807, 2.05) is 35.7 Å². The highest BCUT2D eigenvalue weighted by molar-refractivity contribution is 7.99. The molecule has 40 heavy (non-hydrogen) atoms. The molecule has 0 fully saturated rings. The van der Waals surface area contributed by atoms with Crippen molar-refractivity contribution in [2.75, 3.05) is 25.7 Å². The fourth-order valence-electron chi connectivity index (χ4n) is 5.24. The summed E-state index contributed by atoms with van der Waals surface area (Å²) in [5, 5.41) is 8.67. The highest BCUT2D eigenvalue weighted by atomic mass is 32.2. The first-order valence-corrected chi connectivity index (χ1v) is 17.2. The Kier molecular flexibility index (Phi) is 15.6. The van der Waals surface area contributed by atoms with E-state index < -0.39 is 5.97 Å². The van der Waals surface area contributed by atoms with Gasteiger partial charge in [-0.15, -0.1) is 11.8 Å². The summed E-state index contributed by atoms with van der Waals surface area (Å²) in [6.45, 7) is 0. The lowest BCUT2D eigenvalue weighted by molar-refractivity contribution is -0.137. The van der Waals surface area contributed by atoms with Crippen molar-refractivity contribution in [1.29, 1.82) is 0 Å². The van der Waals surface area contributed by atoms with E-state index in [0.717, 1.165) is 48.7 Å². The van der Waals surface area contributed by atoms with Crippen molar-refractivity contribution >= 4 is 29.5 Å². The Morgan fingerprint density at radius 2 is 1.60 bits per heavy atom. The predicted molar refractivity (Wildman–Crippen MR) is 169 cm³/mol. The molecule has 0 saturated carbocycles. The molecule has 0 aromatic heterocycles. The van der Waals surface area contributed by atoms with Gasteiger partial charge in [0.2, 0.25) is 0 Å². The van der Waals surface area contributed by atoms with Crippen molar-refractivity contribution in [2.24, 2.45) is 0 Å². The van der Waals surface area contributed by atoms with Gasteiger partial charge in [0.05, 0.1) is 14.2 Å². The summed E-state index contributed by atoms with van der Waals surface area (Å²) in [5.74, 6) is 5.87. The van der Waals surface area contributed by atoms with Gasteiger partial charge < -0.3 is 19.3 Å². The average molecular weight is 589 g/mol. The summed E-state index contributed by atoms with van der Waals surface area (Å²) in [5.41, 5.74) is 2.69. The summed E-state index contributed by atoms with van der Waals surface area (Å²) in [6, 6.07) is 14.6. The van der Waals surface area contributed by atoms with E-state index >= 15 is 0 Å². The van der Waals surface area contributed by atoms with E-state index in [9.17, 15) is 4.79 Å². The SMILES string of the molecule is COc1ccc(CSC2CC(CCCCCCCCCSCCCCCC(=O)O)c3ccccc3O2)c(OC)c1. The number of ether oxygens (including phenoxy) is 3. The number of methoxy groups -OCH3 is 2. The normalized spacial score (nSPS) is 16.2. The highest BCUT2D eigenvalue weighted by Gasteiger charge is 2.28. The van der Waals surface area contributed by atoms with Crippen LogP contribution in [0.2, 0.25) is 0 Å². The molecule has 0 spiro atoms. The minimum absolute atomic E-state index is 0.148. The van der Waals surface area contributed by atoms with Crippen LogP contribution in [-0.4, -0.2) is 42.2 Å². The van der Waals surface area contributed by atoms with Gasteiger partial charge in [-0.3, -0.25) is 4.79 Å². The molecule has 7 heteroatoms. The molecule has 0 radical (unpaired) electrons. The van der Waals surface area contributed by atoms with Crippen molar-refractivity contribution in [2.45, 2.75) is 101 Å². The molecule has 0 bridgehead atoms. The fourth-order valence-corrected chi connectivity index (χ4v) is 7.41. The zero-order valence-electron chi connectivity index (χ0n) is 24.4. The number of unbranched alkanes of at least 4 members (excludes halogenated alkanes) is 8. The number of para-hydroxylation sites is 1. The number of benzene rings is 2. The average Bonchev–Trinajstić information content (AvgIpc) is 2.97. The predicted octanol–water partition coefficient (Wildman–Crippen LogP) is 9.33. The van der Waals surface area contributed by atoms with Gasteiger partial charge in [-0.2, -0.15) is 11.8 Å². The van der Waals surface area contributed by atoms with Crippen LogP contribution in [0, 0.1) is 0 Å². The van der Waals surface area contributed by atoms with E-state index in [-0.39, 0.29) is 5.44 Å². The van der Waals surface area contributed by atoms with E-state index in [4.69, 9.17) is 19.3 Å². The molecular formula is C33H48O5S2. The van der Waals surface area contributed by atoms with E-state index in [0.29, 0.717) is 12.3 Å². The number of carboxylic acid groups (broad SMARTS) is 1. The fraction of sp³-hybridized carbons (Fsp3) is 0.606. The standard InChI is InChI=1S/C33H48O5S2/c1-36-28-20-19-27(31(24-28)37-2)25-40-33-23-26(29-16-11-12-17-30(29)38-33)15-9-6-4-3-5-7-13-21-39-22-14-8-10-18-32(34)35/h11-12,16-17,19-20,24,26,33H,3-10,13-15,18,21-23,25H2,1-2H3,(H,34,35). The second-order valence-corrected chi connectivity index (χ2v) is 13.0. The Morgan fingerprint density at radius 3 is 2.33 bits per heavy atom. The first-order valence-electron chi connectivity index (χ1n) is 15.0. The Bertz CT molecular complexity index is 999. The number of thioether (sulfide) groups is 2. The number of carboxylic acids is 1. The lowest BCUT2D eigenvalue weighted by Crippen LogP contribution is -2.23. The minimum Gasteiger partial charge on any atom is -0.497 e. The van der Waals surface area contributed by atoms with E-state index in [2.05, 4.69) is 30.3 Å². The van der Waals surface area contributed by atoms with Gasteiger partial charge in [0.15, 0.2) is 0 Å². The van der Waals surface area contributed by atoms with Crippen LogP contribution in [0.25, 0.3) is 0 Å². The third-order valence-electron chi connectivity index (χ3n) is 7.53. The summed E-state index contributed by atoms with van der Waals surface area (Å²) in [4.78, 5) is 10.5. The quantitative estimate of drug-likeness (QED) is 0.146. The third kappa shape index (κ3) is 11.9. The maximum absolute atomic E-state index is 10.5. The molecule has 1 heterocycles. The zero-order valence-corrected chi connectivity index (χ0v) is 26.0. The molecule has 0 saturated heterocycles. The van der Waals surface area contributed by atoms with Crippen molar-refractivity contribution in [3.05, 3.63) is 53.6 Å². The Morgan fingerprint density at radius 1 is 0.900 bits per heavy atom. The van der Waals surface area contributed by atoms with E-state index in [1.54, 1.807) is 14.2 Å². The van der Waals surface area contributed by atoms with Gasteiger partial charge in [-0.05, 0) is 60.8 Å². The minimum atomic E-state index is -0.673. The first-order chi connectivity index (χ1) is 19.6. The number of carbonyl (C=O) groups is 1. The molecule has 0 aliphatic carbocycles. The molecule has 2 aromatic carbocycles. The number of hydrogen-bond acceptors (Lipinski definition) is 6. The molecular weight excluding hydrogens is 540 g/mol. The van der Waals surface area contributed by atoms with Gasteiger partial charge in [-0.1, -0.05) is 69.2 Å². The summed E-state index contributed by atoms with van der Waals surface area (Å²) in [7, 11) is 3.39. The molecule has 1 aliphatic rings. The van der Waals surface area contributed by atoms with Crippen LogP contribution in [0.15, 0.2) is 42.5 Å². The molecule has 1 N–H and O–H groups in total. The van der Waals surface area contributed by atoms with Crippen molar-refractivity contribution in [3.8, 4) is 17.2 Å². The molecule has 3 rings (SSSR count). The van der Waals surface area contributed by atoms with Crippen LogP contribution in [0.1, 0.15) is 101 Å². The van der Waals surface area contributed by atoms with Crippen LogP contribution in [-0.2, 0) is 10.5 Å². The van der Waals surface area contributed by atoms with Crippen LogP contribution in [0.3, 0.4) is 0 Å². The number of aliphatic carboxylic acids is 1. The van der Waals surface area contributed by atoms with Crippen molar-refractivity contribution in [3.63, 3.8) is 0 Å². The number of fused-ring (bicyclic) bond motifs is 1. The molecule has 2 unspecified atom stereocenters. The lowest BCUT2D eigenvalue weighted by atomic mass is 9.88. The first kappa shape index (κ1) is 32.5. The number of rotatable bonds is 21. The van der Waals surface area contributed by atoms with Gasteiger partial charge in [0, 0.05) is 30.2 Å². The lowest BCUT2D eigenvalue weighted by Gasteiger charge is -2.32. The second-order valence-electron chi connectivity index (χ2n) is 10.6. The van der Waals surface area contributed by atoms with Crippen LogP contribution in [0.5, 0.6) is 17.2 Å². The van der Waals surface area contributed by atoms with Crippen LogP contribution >= 0.6 is 23.5 Å². The van der Waals surface area contributed by atoms with Crippen LogP contribution < -0.4 is 14.2 Å². The Labute approximate surface area is 250 Å². The topological polar surface area (TPSA) is 65.0 Å². The molecule has 5 nitrogen and oxygen atoms in total. The Balaban J connectivity index is 1.29. The zero-order chi connectivity index (χ0) is 28.4. The van der Waals surface area contributed by atoms with Gasteiger partial charge in [-0.25, -0.2) is 0 Å². The molecule has 0 amide bonds. The molecule has 1 aliphatic heterocycles. The maximum atomic E-state index is 10.5. The highest BCUT2D eigenvalue weighted by Crippen LogP contribution is 2.43. The summed E-state index contributed by atoms with van der Waals surface area (Å²) >= 11 is 3.89. The third-order valence-corrected chi connectivity index (χ3v) is 9.83. The van der Waals surface area contributed by atoms with Crippen LogP contribution in [0.4, 0.5) is 0 Å². The maximum Gasteiger partial charge on any atom is 0.303 e. The number of hydrogen-bond donors (Lipinski definition) is 1. The summed E-state index contributed by atoms with van der Waals surface area (Å²) < 4.78 is 17.3. The molecule has 222 valence electrons. The Hall–Kier alpha value is -1.99. The molecule has 2 aromatic rings. The van der Waals surface area contributed by atoms with Crippen molar-refractivity contribution in [1.82, 2.24) is 0 Å². The van der Waals surface area contributed by atoms with Gasteiger partial charge >= 0.3 is 5.97 Å². The monoisotopic (exact) mass is 588 g/mol. The summed E-state index contributed by atoms with van der Waals surface area (Å²) in [6.07, 6.45) is 14.8. The smallest absolute Gasteiger partial charge is 0.303 e. The largest absolute Gasteiger partial charge is 0.497 e. The van der Waals surface area contributed by atoms with Crippen molar-refractivity contribution < 1.29 is 24.1 Å². The molecule has 2 atom stereocenters.